The summed E-state index contributed by atoms with van der Waals surface area (Å²) in [7, 11) is 0. The third-order valence-electron chi connectivity index (χ3n) is 1.72. The summed E-state index contributed by atoms with van der Waals surface area (Å²) in [6, 6.07) is 3.71. The molecule has 2 heterocycles. The molecule has 0 saturated heterocycles. The summed E-state index contributed by atoms with van der Waals surface area (Å²) in [5, 5.41) is 9.87. The average molecular weight is 210 g/mol. The van der Waals surface area contributed by atoms with Crippen LogP contribution in [0.4, 0.5) is 0 Å². The van der Waals surface area contributed by atoms with Gasteiger partial charge in [-0.25, -0.2) is 4.98 Å². The van der Waals surface area contributed by atoms with Crippen molar-refractivity contribution in [1.82, 2.24) is 9.36 Å². The van der Waals surface area contributed by atoms with Crippen LogP contribution in [0.15, 0.2) is 6.07 Å². The van der Waals surface area contributed by atoms with Crippen molar-refractivity contribution >= 4 is 33.4 Å². The Hall–Kier alpha value is -1.18. The number of pyridine rings is 1. The number of hydrogen-bond acceptors (Lipinski definition) is 4. The summed E-state index contributed by atoms with van der Waals surface area (Å²) >= 11 is 7.05. The van der Waals surface area contributed by atoms with Gasteiger partial charge in [-0.05, 0) is 24.5 Å². The second-order valence-electron chi connectivity index (χ2n) is 2.56. The van der Waals surface area contributed by atoms with E-state index >= 15 is 0 Å². The lowest BCUT2D eigenvalue weighted by Gasteiger charge is -1.93. The highest BCUT2D eigenvalue weighted by Gasteiger charge is 2.08. The molecule has 13 heavy (non-hydrogen) atoms. The number of halogens is 1. The zero-order chi connectivity index (χ0) is 9.42. The average Bonchev–Trinajstić information content (AvgIpc) is 2.46. The number of fused-ring (bicyclic) bond motifs is 1. The summed E-state index contributed by atoms with van der Waals surface area (Å²) in [6.07, 6.45) is 0. The summed E-state index contributed by atoms with van der Waals surface area (Å²) in [5.41, 5.74) is 1.29. The number of aryl methyl sites for hydroxylation is 1. The summed E-state index contributed by atoms with van der Waals surface area (Å²) in [5.74, 6) is 0. The largest absolute Gasteiger partial charge is 0.222 e. The molecule has 2 rings (SSSR count). The standard InChI is InChI=1S/C8H4ClN3S/c1-4-6-2-5(3-10)7(9)11-8(6)13-12-4/h2H,1H3. The summed E-state index contributed by atoms with van der Waals surface area (Å²) < 4.78 is 4.12. The Morgan fingerprint density at radius 3 is 3.08 bits per heavy atom. The van der Waals surface area contributed by atoms with Crippen LogP contribution in [0.2, 0.25) is 5.15 Å². The normalized spacial score (nSPS) is 10.2. The first-order valence-corrected chi connectivity index (χ1v) is 4.70. The van der Waals surface area contributed by atoms with Crippen molar-refractivity contribution in [1.29, 1.82) is 5.26 Å². The smallest absolute Gasteiger partial charge is 0.148 e. The molecule has 0 bridgehead atoms. The molecule has 0 radical (unpaired) electrons. The molecule has 64 valence electrons. The molecule has 5 heteroatoms. The van der Waals surface area contributed by atoms with Gasteiger partial charge in [0.05, 0.1) is 11.3 Å². The highest BCUT2D eigenvalue weighted by Crippen LogP contribution is 2.24. The van der Waals surface area contributed by atoms with Crippen LogP contribution in [0.5, 0.6) is 0 Å². The van der Waals surface area contributed by atoms with E-state index < -0.39 is 0 Å². The molecule has 3 nitrogen and oxygen atoms in total. The number of rotatable bonds is 0. The van der Waals surface area contributed by atoms with Crippen LogP contribution >= 0.6 is 23.1 Å². The molecule has 0 fully saturated rings. The second-order valence-corrected chi connectivity index (χ2v) is 3.67. The van der Waals surface area contributed by atoms with Crippen molar-refractivity contribution in [2.24, 2.45) is 0 Å². The van der Waals surface area contributed by atoms with Gasteiger partial charge >= 0.3 is 0 Å². The Bertz CT molecular complexity index is 512. The first-order valence-electron chi connectivity index (χ1n) is 3.55. The van der Waals surface area contributed by atoms with Crippen molar-refractivity contribution in [3.63, 3.8) is 0 Å². The van der Waals surface area contributed by atoms with E-state index in [4.69, 9.17) is 16.9 Å². The third-order valence-corrected chi connectivity index (χ3v) is 2.86. The van der Waals surface area contributed by atoms with E-state index in [1.807, 2.05) is 13.0 Å². The molecule has 0 aliphatic carbocycles. The van der Waals surface area contributed by atoms with E-state index in [0.29, 0.717) is 5.56 Å². The fraction of sp³-hybridized carbons (Fsp3) is 0.125. The van der Waals surface area contributed by atoms with Gasteiger partial charge in [-0.1, -0.05) is 11.6 Å². The van der Waals surface area contributed by atoms with Crippen molar-refractivity contribution in [2.75, 3.05) is 0 Å². The van der Waals surface area contributed by atoms with E-state index in [2.05, 4.69) is 9.36 Å². The molecule has 0 spiro atoms. The highest BCUT2D eigenvalue weighted by molar-refractivity contribution is 7.12. The Kier molecular flexibility index (Phi) is 1.91. The number of nitrogens with zero attached hydrogens (tertiary/aromatic N) is 3. The Morgan fingerprint density at radius 2 is 2.38 bits per heavy atom. The molecule has 0 N–H and O–H groups in total. The predicted octanol–water partition coefficient (Wildman–Crippen LogP) is 2.52. The Morgan fingerprint density at radius 1 is 1.62 bits per heavy atom. The van der Waals surface area contributed by atoms with Gasteiger partial charge in [0.1, 0.15) is 16.1 Å². The predicted molar refractivity (Wildman–Crippen MR) is 51.9 cm³/mol. The van der Waals surface area contributed by atoms with E-state index in [1.54, 1.807) is 6.07 Å². The van der Waals surface area contributed by atoms with Gasteiger partial charge < -0.3 is 0 Å². The van der Waals surface area contributed by atoms with Crippen LogP contribution in [0.3, 0.4) is 0 Å². The molecule has 0 aliphatic rings. The Labute approximate surface area is 83.8 Å². The lowest BCUT2D eigenvalue weighted by Crippen LogP contribution is -1.82. The molecular weight excluding hydrogens is 206 g/mol. The molecule has 2 aromatic rings. The molecule has 2 aromatic heterocycles. The first kappa shape index (κ1) is 8.42. The number of nitriles is 1. The van der Waals surface area contributed by atoms with Crippen molar-refractivity contribution in [2.45, 2.75) is 6.92 Å². The molecular formula is C8H4ClN3S. The van der Waals surface area contributed by atoms with Crippen LogP contribution in [0, 0.1) is 18.3 Å². The lowest BCUT2D eigenvalue weighted by molar-refractivity contribution is 1.35. The minimum absolute atomic E-state index is 0.249. The van der Waals surface area contributed by atoms with Crippen molar-refractivity contribution in [3.8, 4) is 6.07 Å². The molecule has 0 aliphatic heterocycles. The van der Waals surface area contributed by atoms with Crippen molar-refractivity contribution in [3.05, 3.63) is 22.5 Å². The maximum atomic E-state index is 8.71. The Balaban J connectivity index is 2.86. The monoisotopic (exact) mass is 209 g/mol. The quantitative estimate of drug-likeness (QED) is 0.627. The molecule has 0 unspecified atom stereocenters. The van der Waals surface area contributed by atoms with E-state index in [0.717, 1.165) is 15.9 Å². The number of hydrogen-bond donors (Lipinski definition) is 0. The minimum atomic E-state index is 0.249. The summed E-state index contributed by atoms with van der Waals surface area (Å²) in [6.45, 7) is 1.88. The highest BCUT2D eigenvalue weighted by atomic mass is 35.5. The van der Waals surface area contributed by atoms with Crippen LogP contribution in [0.1, 0.15) is 11.3 Å². The van der Waals surface area contributed by atoms with Gasteiger partial charge in [0.25, 0.3) is 0 Å². The molecule has 0 amide bonds. The van der Waals surface area contributed by atoms with Gasteiger partial charge in [0.15, 0.2) is 0 Å². The van der Waals surface area contributed by atoms with Gasteiger partial charge in [-0.3, -0.25) is 0 Å². The fourth-order valence-electron chi connectivity index (χ4n) is 1.04. The lowest BCUT2D eigenvalue weighted by atomic mass is 10.2. The second kappa shape index (κ2) is 2.95. The summed E-state index contributed by atoms with van der Waals surface area (Å²) in [4.78, 5) is 4.85. The van der Waals surface area contributed by atoms with Gasteiger partial charge in [-0.15, -0.1) is 0 Å². The van der Waals surface area contributed by atoms with Gasteiger partial charge in [-0.2, -0.15) is 9.64 Å². The van der Waals surface area contributed by atoms with Crippen LogP contribution < -0.4 is 0 Å². The van der Waals surface area contributed by atoms with E-state index in [-0.39, 0.29) is 5.15 Å². The zero-order valence-electron chi connectivity index (χ0n) is 6.71. The van der Waals surface area contributed by atoms with Crippen LogP contribution in [0.25, 0.3) is 10.2 Å². The SMILES string of the molecule is Cc1nsc2nc(Cl)c(C#N)cc12. The van der Waals surface area contributed by atoms with Gasteiger partial charge in [0, 0.05) is 5.39 Å². The topological polar surface area (TPSA) is 49.6 Å². The van der Waals surface area contributed by atoms with E-state index in [1.165, 1.54) is 11.5 Å². The van der Waals surface area contributed by atoms with E-state index in [9.17, 15) is 0 Å². The minimum Gasteiger partial charge on any atom is -0.222 e. The molecule has 0 saturated carbocycles. The van der Waals surface area contributed by atoms with Crippen LogP contribution in [-0.4, -0.2) is 9.36 Å². The molecule has 0 atom stereocenters. The number of aromatic nitrogens is 2. The maximum Gasteiger partial charge on any atom is 0.148 e. The first-order chi connectivity index (χ1) is 6.22. The van der Waals surface area contributed by atoms with Crippen molar-refractivity contribution < 1.29 is 0 Å². The third kappa shape index (κ3) is 1.26. The fourth-order valence-corrected chi connectivity index (χ4v) is 2.03. The van der Waals surface area contributed by atoms with Gasteiger partial charge in [0.2, 0.25) is 0 Å². The zero-order valence-corrected chi connectivity index (χ0v) is 8.28. The maximum absolute atomic E-state index is 8.71. The van der Waals surface area contributed by atoms with Crippen LogP contribution in [-0.2, 0) is 0 Å². The molecule has 0 aromatic carbocycles.